The Hall–Kier alpha value is -1.59. The van der Waals surface area contributed by atoms with Gasteiger partial charge in [-0.2, -0.15) is 0 Å². The summed E-state index contributed by atoms with van der Waals surface area (Å²) >= 11 is 0. The Bertz CT molecular complexity index is 349. The van der Waals surface area contributed by atoms with Crippen LogP contribution in [0, 0.1) is 6.57 Å². The van der Waals surface area contributed by atoms with Crippen LogP contribution in [0.15, 0.2) is 42.1 Å². The van der Waals surface area contributed by atoms with Gasteiger partial charge in [-0.05, 0) is 17.6 Å². The van der Waals surface area contributed by atoms with Crippen LogP contribution in [0.2, 0.25) is 0 Å². The summed E-state index contributed by atoms with van der Waals surface area (Å²) < 4.78 is 5.51. The van der Waals surface area contributed by atoms with E-state index in [0.717, 1.165) is 17.6 Å². The Balaban J connectivity index is 2.34. The molecule has 0 N–H and O–H groups in total. The first-order chi connectivity index (χ1) is 7.36. The maximum Gasteiger partial charge on any atom is 0.155 e. The van der Waals surface area contributed by atoms with E-state index in [4.69, 9.17) is 11.3 Å². The highest BCUT2D eigenvalue weighted by molar-refractivity contribution is 5.13. The Labute approximate surface area is 91.0 Å². The lowest BCUT2D eigenvalue weighted by molar-refractivity contribution is 0.141. The summed E-state index contributed by atoms with van der Waals surface area (Å²) in [4.78, 5) is 3.24. The minimum atomic E-state index is 0.549. The van der Waals surface area contributed by atoms with Gasteiger partial charge in [-0.25, -0.2) is 4.85 Å². The van der Waals surface area contributed by atoms with Crippen molar-refractivity contribution in [1.29, 1.82) is 0 Å². The fourth-order valence-corrected chi connectivity index (χ4v) is 1.20. The number of benzene rings is 1. The third kappa shape index (κ3) is 4.44. The second-order valence-corrected chi connectivity index (χ2v) is 3.25. The lowest BCUT2D eigenvalue weighted by Gasteiger charge is -2.05. The second-order valence-electron chi connectivity index (χ2n) is 3.25. The van der Waals surface area contributed by atoms with Gasteiger partial charge in [0.25, 0.3) is 0 Å². The van der Waals surface area contributed by atoms with Gasteiger partial charge >= 0.3 is 0 Å². The molecule has 0 aliphatic rings. The van der Waals surface area contributed by atoms with Gasteiger partial charge in [-0.3, -0.25) is 0 Å². The molecule has 0 radical (unpaired) electrons. The summed E-state index contributed by atoms with van der Waals surface area (Å²) in [6, 6.07) is 10.0. The van der Waals surface area contributed by atoms with Crippen LogP contribution >= 0.6 is 0 Å². The van der Waals surface area contributed by atoms with Crippen LogP contribution in [-0.4, -0.2) is 6.61 Å². The lowest BCUT2D eigenvalue weighted by atomic mass is 10.2. The predicted molar refractivity (Wildman–Crippen MR) is 61.1 cm³/mol. The van der Waals surface area contributed by atoms with Gasteiger partial charge in [0.05, 0.1) is 19.8 Å². The van der Waals surface area contributed by atoms with Crippen molar-refractivity contribution >= 4 is 0 Å². The van der Waals surface area contributed by atoms with E-state index in [9.17, 15) is 0 Å². The van der Waals surface area contributed by atoms with Gasteiger partial charge in [0.2, 0.25) is 0 Å². The Morgan fingerprint density at radius 1 is 1.40 bits per heavy atom. The van der Waals surface area contributed by atoms with Crippen molar-refractivity contribution in [3.05, 3.63) is 59.1 Å². The normalized spacial score (nSPS) is 11.1. The van der Waals surface area contributed by atoms with E-state index in [1.807, 2.05) is 37.3 Å². The van der Waals surface area contributed by atoms with E-state index in [1.165, 1.54) is 0 Å². The molecule has 0 spiro atoms. The van der Waals surface area contributed by atoms with Crippen molar-refractivity contribution in [1.82, 2.24) is 0 Å². The minimum absolute atomic E-state index is 0.549. The first-order valence-corrected chi connectivity index (χ1v) is 5.03. The number of hydrogen-bond acceptors (Lipinski definition) is 1. The molecule has 0 bridgehead atoms. The zero-order chi connectivity index (χ0) is 10.9. The maximum atomic E-state index is 6.73. The first-order valence-electron chi connectivity index (χ1n) is 5.03. The second kappa shape index (κ2) is 6.80. The van der Waals surface area contributed by atoms with Gasteiger partial charge in [0.1, 0.15) is 0 Å². The van der Waals surface area contributed by atoms with E-state index in [-0.39, 0.29) is 0 Å². The van der Waals surface area contributed by atoms with Crippen LogP contribution in [-0.2, 0) is 11.3 Å². The average molecular weight is 201 g/mol. The molecular weight excluding hydrogens is 186 g/mol. The van der Waals surface area contributed by atoms with E-state index in [2.05, 4.69) is 4.85 Å². The van der Waals surface area contributed by atoms with E-state index in [1.54, 1.807) is 6.20 Å². The smallest absolute Gasteiger partial charge is 0.155 e. The molecular formula is C13H15NO. The zero-order valence-corrected chi connectivity index (χ0v) is 8.94. The third-order valence-corrected chi connectivity index (χ3v) is 2.10. The third-order valence-electron chi connectivity index (χ3n) is 2.10. The van der Waals surface area contributed by atoms with Gasteiger partial charge in [-0.15, -0.1) is 0 Å². The monoisotopic (exact) mass is 201 g/mol. The van der Waals surface area contributed by atoms with Crippen molar-refractivity contribution < 1.29 is 4.74 Å². The van der Waals surface area contributed by atoms with Gasteiger partial charge in [0, 0.05) is 0 Å². The SMILES string of the molecule is [C-]#[N+]/C=C(\CC)COCc1ccccc1. The maximum absolute atomic E-state index is 6.73. The lowest BCUT2D eigenvalue weighted by Crippen LogP contribution is -1.97. The largest absolute Gasteiger partial charge is 0.374 e. The Kier molecular flexibility index (Phi) is 5.21. The number of rotatable bonds is 5. The molecule has 0 amide bonds. The highest BCUT2D eigenvalue weighted by Gasteiger charge is 1.95. The van der Waals surface area contributed by atoms with E-state index in [0.29, 0.717) is 13.2 Å². The number of hydrogen-bond donors (Lipinski definition) is 0. The molecule has 0 saturated carbocycles. The molecule has 1 aromatic rings. The summed E-state index contributed by atoms with van der Waals surface area (Å²) in [6.07, 6.45) is 2.42. The van der Waals surface area contributed by atoms with Crippen LogP contribution in [0.1, 0.15) is 18.9 Å². The molecule has 1 aromatic carbocycles. The first kappa shape index (κ1) is 11.5. The average Bonchev–Trinajstić information content (AvgIpc) is 2.29. The van der Waals surface area contributed by atoms with Crippen LogP contribution in [0.4, 0.5) is 0 Å². The van der Waals surface area contributed by atoms with Crippen molar-refractivity contribution in [2.75, 3.05) is 6.61 Å². The molecule has 0 saturated heterocycles. The van der Waals surface area contributed by atoms with Crippen LogP contribution in [0.3, 0.4) is 0 Å². The topological polar surface area (TPSA) is 13.6 Å². The summed E-state index contributed by atoms with van der Waals surface area (Å²) in [5.41, 5.74) is 2.21. The summed E-state index contributed by atoms with van der Waals surface area (Å²) in [7, 11) is 0. The molecule has 2 heteroatoms. The highest BCUT2D eigenvalue weighted by Crippen LogP contribution is 2.05. The molecule has 15 heavy (non-hydrogen) atoms. The Morgan fingerprint density at radius 2 is 2.13 bits per heavy atom. The fraction of sp³-hybridized carbons (Fsp3) is 0.308. The van der Waals surface area contributed by atoms with Crippen molar-refractivity contribution in [2.45, 2.75) is 20.0 Å². The van der Waals surface area contributed by atoms with Crippen molar-refractivity contribution in [3.8, 4) is 0 Å². The quantitative estimate of drug-likeness (QED) is 0.665. The minimum Gasteiger partial charge on any atom is -0.374 e. The van der Waals surface area contributed by atoms with Crippen LogP contribution in [0.5, 0.6) is 0 Å². The van der Waals surface area contributed by atoms with Crippen molar-refractivity contribution in [3.63, 3.8) is 0 Å². The summed E-state index contributed by atoms with van der Waals surface area (Å²) in [5, 5.41) is 0. The fourth-order valence-electron chi connectivity index (χ4n) is 1.20. The standard InChI is InChI=1S/C13H15NO/c1-3-12(9-14-2)10-15-11-13-7-5-4-6-8-13/h4-9H,3,10-11H2,1H3/b12-9+. The van der Waals surface area contributed by atoms with Gasteiger partial charge in [-0.1, -0.05) is 37.3 Å². The molecule has 0 atom stereocenters. The molecule has 0 unspecified atom stereocenters. The molecule has 0 fully saturated rings. The van der Waals surface area contributed by atoms with E-state index < -0.39 is 0 Å². The van der Waals surface area contributed by atoms with E-state index >= 15 is 0 Å². The molecule has 0 aliphatic carbocycles. The number of nitrogens with zero attached hydrogens (tertiary/aromatic N) is 1. The predicted octanol–water partition coefficient (Wildman–Crippen LogP) is 3.42. The zero-order valence-electron chi connectivity index (χ0n) is 8.94. The molecule has 0 aromatic heterocycles. The molecule has 0 heterocycles. The Morgan fingerprint density at radius 3 is 2.73 bits per heavy atom. The molecule has 78 valence electrons. The summed E-state index contributed by atoms with van der Waals surface area (Å²) in [5.74, 6) is 0. The van der Waals surface area contributed by atoms with Gasteiger partial charge < -0.3 is 4.74 Å². The molecule has 0 aliphatic heterocycles. The highest BCUT2D eigenvalue weighted by atomic mass is 16.5. The summed E-state index contributed by atoms with van der Waals surface area (Å²) in [6.45, 7) is 9.92. The number of ether oxygens (including phenoxy) is 1. The van der Waals surface area contributed by atoms with Gasteiger partial charge in [0.15, 0.2) is 6.20 Å². The molecule has 1 rings (SSSR count). The van der Waals surface area contributed by atoms with Crippen molar-refractivity contribution in [2.24, 2.45) is 0 Å². The molecule has 2 nitrogen and oxygen atoms in total. The van der Waals surface area contributed by atoms with Crippen LogP contribution in [0.25, 0.3) is 4.85 Å². The van der Waals surface area contributed by atoms with Crippen LogP contribution < -0.4 is 0 Å².